The maximum Gasteiger partial charge on any atom is 0.180 e. The average Bonchev–Trinajstić information content (AvgIpc) is 2.47. The fraction of sp³-hybridized carbons (Fsp3) is 0.118. The molecule has 1 heterocycles. The van der Waals surface area contributed by atoms with E-state index in [9.17, 15) is 4.79 Å². The first-order valence-corrected chi connectivity index (χ1v) is 6.50. The van der Waals surface area contributed by atoms with E-state index >= 15 is 0 Å². The van der Waals surface area contributed by atoms with Crippen LogP contribution in [0, 0.1) is 6.92 Å². The first-order chi connectivity index (χ1) is 9.66. The van der Waals surface area contributed by atoms with Gasteiger partial charge in [-0.3, -0.25) is 4.79 Å². The number of carbonyl (C=O) groups excluding carboxylic acids is 1. The molecule has 3 nitrogen and oxygen atoms in total. The molecule has 0 radical (unpaired) electrons. The summed E-state index contributed by atoms with van der Waals surface area (Å²) in [5, 5.41) is 0. The highest BCUT2D eigenvalue weighted by molar-refractivity contribution is 6.00. The molecule has 3 aromatic rings. The number of para-hydroxylation sites is 1. The van der Waals surface area contributed by atoms with Crippen LogP contribution in [-0.2, 0) is 0 Å². The number of aromatic nitrogens is 2. The SMILES string of the molecule is CC(=O)c1nc2cccc(C)c2nc1-c1ccccc1. The van der Waals surface area contributed by atoms with Gasteiger partial charge < -0.3 is 0 Å². The molecule has 0 aliphatic rings. The molecule has 20 heavy (non-hydrogen) atoms. The van der Waals surface area contributed by atoms with Gasteiger partial charge in [-0.1, -0.05) is 42.5 Å². The van der Waals surface area contributed by atoms with Crippen molar-refractivity contribution in [2.45, 2.75) is 13.8 Å². The van der Waals surface area contributed by atoms with Crippen molar-refractivity contribution in [3.63, 3.8) is 0 Å². The Morgan fingerprint density at radius 3 is 2.40 bits per heavy atom. The van der Waals surface area contributed by atoms with Crippen molar-refractivity contribution >= 4 is 16.8 Å². The smallest absolute Gasteiger partial charge is 0.180 e. The second kappa shape index (κ2) is 4.85. The lowest BCUT2D eigenvalue weighted by atomic mass is 10.1. The molecule has 0 unspecified atom stereocenters. The van der Waals surface area contributed by atoms with E-state index in [1.165, 1.54) is 6.92 Å². The molecule has 2 aromatic carbocycles. The zero-order valence-corrected chi connectivity index (χ0v) is 11.4. The van der Waals surface area contributed by atoms with Crippen LogP contribution in [0.4, 0.5) is 0 Å². The zero-order chi connectivity index (χ0) is 14.1. The van der Waals surface area contributed by atoms with Crippen LogP contribution in [0.1, 0.15) is 23.0 Å². The Kier molecular flexibility index (Phi) is 3.03. The second-order valence-electron chi connectivity index (χ2n) is 4.79. The van der Waals surface area contributed by atoms with Gasteiger partial charge in [0, 0.05) is 12.5 Å². The Morgan fingerprint density at radius 2 is 1.70 bits per heavy atom. The minimum absolute atomic E-state index is 0.0697. The van der Waals surface area contributed by atoms with Gasteiger partial charge in [0.2, 0.25) is 0 Å². The van der Waals surface area contributed by atoms with Crippen molar-refractivity contribution in [3.05, 3.63) is 59.8 Å². The number of nitrogens with zero attached hydrogens (tertiary/aromatic N) is 2. The molecule has 0 saturated carbocycles. The molecule has 0 aliphatic heterocycles. The fourth-order valence-corrected chi connectivity index (χ4v) is 2.26. The van der Waals surface area contributed by atoms with Gasteiger partial charge in [0.15, 0.2) is 5.78 Å². The van der Waals surface area contributed by atoms with Crippen LogP contribution in [0.2, 0.25) is 0 Å². The number of Topliss-reactive ketones (excluding diaryl/α,β-unsaturated/α-hetero) is 1. The van der Waals surface area contributed by atoms with E-state index < -0.39 is 0 Å². The lowest BCUT2D eigenvalue weighted by Crippen LogP contribution is -2.04. The molecular formula is C17H14N2O. The molecule has 1 aromatic heterocycles. The summed E-state index contributed by atoms with van der Waals surface area (Å²) < 4.78 is 0. The molecular weight excluding hydrogens is 248 g/mol. The lowest BCUT2D eigenvalue weighted by molar-refractivity contribution is 0.101. The lowest BCUT2D eigenvalue weighted by Gasteiger charge is -2.09. The van der Waals surface area contributed by atoms with E-state index in [0.717, 1.165) is 22.2 Å². The third-order valence-corrected chi connectivity index (χ3v) is 3.28. The Balaban J connectivity index is 2.37. The first kappa shape index (κ1) is 12.5. The minimum Gasteiger partial charge on any atom is -0.293 e. The average molecular weight is 262 g/mol. The van der Waals surface area contributed by atoms with Crippen LogP contribution in [0.25, 0.3) is 22.3 Å². The fourth-order valence-electron chi connectivity index (χ4n) is 2.26. The highest BCUT2D eigenvalue weighted by Crippen LogP contribution is 2.24. The van der Waals surface area contributed by atoms with Crippen LogP contribution in [0.15, 0.2) is 48.5 Å². The quantitative estimate of drug-likeness (QED) is 0.659. The van der Waals surface area contributed by atoms with Gasteiger partial charge >= 0.3 is 0 Å². The number of carbonyl (C=O) groups is 1. The normalized spacial score (nSPS) is 10.7. The minimum atomic E-state index is -0.0697. The third kappa shape index (κ3) is 2.07. The maximum atomic E-state index is 11.9. The van der Waals surface area contributed by atoms with Gasteiger partial charge in [0.1, 0.15) is 11.4 Å². The second-order valence-corrected chi connectivity index (χ2v) is 4.79. The molecule has 0 atom stereocenters. The first-order valence-electron chi connectivity index (χ1n) is 6.50. The summed E-state index contributed by atoms with van der Waals surface area (Å²) in [5.41, 5.74) is 4.65. The Bertz CT molecular complexity index is 795. The van der Waals surface area contributed by atoms with Crippen molar-refractivity contribution in [3.8, 4) is 11.3 Å². The van der Waals surface area contributed by atoms with Crippen molar-refractivity contribution < 1.29 is 4.79 Å². The van der Waals surface area contributed by atoms with Gasteiger partial charge in [-0.2, -0.15) is 0 Å². The Hall–Kier alpha value is -2.55. The van der Waals surface area contributed by atoms with E-state index in [1.807, 2.05) is 55.5 Å². The summed E-state index contributed by atoms with van der Waals surface area (Å²) in [6, 6.07) is 15.5. The Labute approximate surface area is 117 Å². The van der Waals surface area contributed by atoms with Crippen LogP contribution >= 0.6 is 0 Å². The summed E-state index contributed by atoms with van der Waals surface area (Å²) in [6.07, 6.45) is 0. The molecule has 3 rings (SSSR count). The van der Waals surface area contributed by atoms with Gasteiger partial charge in [0.05, 0.1) is 11.0 Å². The number of fused-ring (bicyclic) bond motifs is 1. The number of aryl methyl sites for hydroxylation is 1. The van der Waals surface area contributed by atoms with Crippen molar-refractivity contribution in [1.82, 2.24) is 9.97 Å². The highest BCUT2D eigenvalue weighted by atomic mass is 16.1. The molecule has 0 amide bonds. The molecule has 0 fully saturated rings. The van der Waals surface area contributed by atoms with Crippen LogP contribution in [0.5, 0.6) is 0 Å². The molecule has 0 saturated heterocycles. The van der Waals surface area contributed by atoms with E-state index in [0.29, 0.717) is 11.4 Å². The van der Waals surface area contributed by atoms with E-state index in [1.54, 1.807) is 0 Å². The number of hydrogen-bond donors (Lipinski definition) is 0. The molecule has 0 aliphatic carbocycles. The summed E-state index contributed by atoms with van der Waals surface area (Å²) >= 11 is 0. The Morgan fingerprint density at radius 1 is 0.950 bits per heavy atom. The molecule has 0 spiro atoms. The summed E-state index contributed by atoms with van der Waals surface area (Å²) in [6.45, 7) is 3.53. The number of benzene rings is 2. The molecule has 0 N–H and O–H groups in total. The van der Waals surface area contributed by atoms with Gasteiger partial charge in [0.25, 0.3) is 0 Å². The van der Waals surface area contributed by atoms with Gasteiger partial charge in [-0.05, 0) is 18.6 Å². The van der Waals surface area contributed by atoms with Crippen LogP contribution in [0.3, 0.4) is 0 Å². The predicted molar refractivity (Wildman–Crippen MR) is 79.7 cm³/mol. The largest absolute Gasteiger partial charge is 0.293 e. The van der Waals surface area contributed by atoms with Crippen molar-refractivity contribution in [2.24, 2.45) is 0 Å². The monoisotopic (exact) mass is 262 g/mol. The van der Waals surface area contributed by atoms with Crippen LogP contribution in [-0.4, -0.2) is 15.8 Å². The van der Waals surface area contributed by atoms with Gasteiger partial charge in [-0.25, -0.2) is 9.97 Å². The van der Waals surface area contributed by atoms with Crippen molar-refractivity contribution in [1.29, 1.82) is 0 Å². The van der Waals surface area contributed by atoms with Crippen molar-refractivity contribution in [2.75, 3.05) is 0 Å². The molecule has 3 heteroatoms. The van der Waals surface area contributed by atoms with E-state index in [-0.39, 0.29) is 5.78 Å². The predicted octanol–water partition coefficient (Wildman–Crippen LogP) is 3.81. The third-order valence-electron chi connectivity index (χ3n) is 3.28. The zero-order valence-electron chi connectivity index (χ0n) is 11.4. The van der Waals surface area contributed by atoms with Gasteiger partial charge in [-0.15, -0.1) is 0 Å². The highest BCUT2D eigenvalue weighted by Gasteiger charge is 2.15. The number of ketones is 1. The number of hydrogen-bond acceptors (Lipinski definition) is 3. The maximum absolute atomic E-state index is 11.9. The van der Waals surface area contributed by atoms with Crippen LogP contribution < -0.4 is 0 Å². The number of rotatable bonds is 2. The molecule has 98 valence electrons. The topological polar surface area (TPSA) is 42.9 Å². The molecule has 0 bridgehead atoms. The van der Waals surface area contributed by atoms with E-state index in [4.69, 9.17) is 0 Å². The van der Waals surface area contributed by atoms with E-state index in [2.05, 4.69) is 9.97 Å². The summed E-state index contributed by atoms with van der Waals surface area (Å²) in [7, 11) is 0. The standard InChI is InChI=1S/C17H14N2O/c1-11-7-6-10-14-15(11)19-17(16(18-14)12(2)20)13-8-4-3-5-9-13/h3-10H,1-2H3. The summed E-state index contributed by atoms with van der Waals surface area (Å²) in [4.78, 5) is 21.0. The summed E-state index contributed by atoms with van der Waals surface area (Å²) in [5.74, 6) is -0.0697.